The minimum atomic E-state index is -0.446. The number of hydrogen-bond donors (Lipinski definition) is 3. The highest BCUT2D eigenvalue weighted by molar-refractivity contribution is 5.83. The third-order valence-corrected chi connectivity index (χ3v) is 3.77. The first kappa shape index (κ1) is 11.8. The van der Waals surface area contributed by atoms with E-state index >= 15 is 0 Å². The number of rotatable bonds is 3. The fraction of sp³-hybridized carbons (Fsp3) is 0.909. The molecule has 1 aliphatic carbocycles. The SMILES string of the molecule is NCC1(C(=O)NC2CC(O)C2)CCOCC1. The molecule has 0 aromatic rings. The van der Waals surface area contributed by atoms with Gasteiger partial charge in [0.15, 0.2) is 0 Å². The fourth-order valence-electron chi connectivity index (χ4n) is 2.33. The van der Waals surface area contributed by atoms with Gasteiger partial charge in [0.05, 0.1) is 11.5 Å². The normalized spacial score (nSPS) is 32.9. The average Bonchev–Trinajstić information content (AvgIpc) is 2.28. The fourth-order valence-corrected chi connectivity index (χ4v) is 2.33. The van der Waals surface area contributed by atoms with E-state index in [0.717, 1.165) is 0 Å². The highest BCUT2D eigenvalue weighted by Crippen LogP contribution is 2.31. The van der Waals surface area contributed by atoms with Gasteiger partial charge < -0.3 is 20.9 Å². The smallest absolute Gasteiger partial charge is 0.227 e. The quantitative estimate of drug-likeness (QED) is 0.601. The zero-order valence-corrected chi connectivity index (χ0v) is 9.45. The molecule has 0 aromatic carbocycles. The van der Waals surface area contributed by atoms with E-state index in [0.29, 0.717) is 45.4 Å². The molecule has 2 aliphatic rings. The Hall–Kier alpha value is -0.650. The monoisotopic (exact) mass is 228 g/mol. The third kappa shape index (κ3) is 2.21. The van der Waals surface area contributed by atoms with Crippen molar-refractivity contribution in [3.63, 3.8) is 0 Å². The minimum absolute atomic E-state index is 0.0372. The zero-order valence-electron chi connectivity index (χ0n) is 9.45. The summed E-state index contributed by atoms with van der Waals surface area (Å²) in [6.07, 6.45) is 2.50. The maximum atomic E-state index is 12.1. The van der Waals surface area contributed by atoms with Crippen molar-refractivity contribution in [1.29, 1.82) is 0 Å². The number of aliphatic hydroxyl groups is 1. The van der Waals surface area contributed by atoms with Crippen molar-refractivity contribution in [2.75, 3.05) is 19.8 Å². The summed E-state index contributed by atoms with van der Waals surface area (Å²) in [5, 5.41) is 12.1. The summed E-state index contributed by atoms with van der Waals surface area (Å²) >= 11 is 0. The van der Waals surface area contributed by atoms with Crippen LogP contribution in [0.5, 0.6) is 0 Å². The second-order valence-electron chi connectivity index (χ2n) is 4.89. The lowest BCUT2D eigenvalue weighted by Gasteiger charge is -2.39. The standard InChI is InChI=1S/C11H20N2O3/c12-7-11(1-3-16-4-2-11)10(15)13-8-5-9(14)6-8/h8-9,14H,1-7,12H2,(H,13,15). The van der Waals surface area contributed by atoms with Crippen LogP contribution in [0.4, 0.5) is 0 Å². The van der Waals surface area contributed by atoms with Gasteiger partial charge in [0.25, 0.3) is 0 Å². The highest BCUT2D eigenvalue weighted by atomic mass is 16.5. The van der Waals surface area contributed by atoms with Gasteiger partial charge in [-0.15, -0.1) is 0 Å². The van der Waals surface area contributed by atoms with E-state index in [1.807, 2.05) is 0 Å². The van der Waals surface area contributed by atoms with Crippen LogP contribution >= 0.6 is 0 Å². The average molecular weight is 228 g/mol. The van der Waals surface area contributed by atoms with Gasteiger partial charge in [-0.3, -0.25) is 4.79 Å². The Bertz CT molecular complexity index is 258. The molecule has 1 saturated carbocycles. The van der Waals surface area contributed by atoms with Crippen molar-refractivity contribution in [1.82, 2.24) is 5.32 Å². The number of hydrogen-bond acceptors (Lipinski definition) is 4. The number of carbonyl (C=O) groups excluding carboxylic acids is 1. The van der Waals surface area contributed by atoms with E-state index in [9.17, 15) is 4.79 Å². The predicted molar refractivity (Wildman–Crippen MR) is 58.7 cm³/mol. The molecule has 1 heterocycles. The van der Waals surface area contributed by atoms with Crippen LogP contribution in [0.2, 0.25) is 0 Å². The second-order valence-corrected chi connectivity index (χ2v) is 4.89. The van der Waals surface area contributed by atoms with Gasteiger partial charge in [-0.1, -0.05) is 0 Å². The van der Waals surface area contributed by atoms with Crippen molar-refractivity contribution in [3.8, 4) is 0 Å². The number of nitrogens with two attached hydrogens (primary N) is 1. The molecule has 2 fully saturated rings. The Labute approximate surface area is 95.3 Å². The molecular formula is C11H20N2O3. The Balaban J connectivity index is 1.90. The number of nitrogens with one attached hydrogen (secondary N) is 1. The number of amides is 1. The molecule has 0 spiro atoms. The lowest BCUT2D eigenvalue weighted by Crippen LogP contribution is -2.55. The van der Waals surface area contributed by atoms with Gasteiger partial charge in [-0.25, -0.2) is 0 Å². The maximum absolute atomic E-state index is 12.1. The van der Waals surface area contributed by atoms with Gasteiger partial charge >= 0.3 is 0 Å². The summed E-state index contributed by atoms with van der Waals surface area (Å²) in [7, 11) is 0. The summed E-state index contributed by atoms with van der Waals surface area (Å²) in [4.78, 5) is 12.1. The summed E-state index contributed by atoms with van der Waals surface area (Å²) in [5.74, 6) is 0.0372. The summed E-state index contributed by atoms with van der Waals surface area (Å²) in [6.45, 7) is 1.59. The molecule has 0 aromatic heterocycles. The van der Waals surface area contributed by atoms with Crippen LogP contribution < -0.4 is 11.1 Å². The Morgan fingerprint density at radius 2 is 2.06 bits per heavy atom. The first-order valence-electron chi connectivity index (χ1n) is 5.93. The topological polar surface area (TPSA) is 84.6 Å². The third-order valence-electron chi connectivity index (χ3n) is 3.77. The Morgan fingerprint density at radius 3 is 2.56 bits per heavy atom. The van der Waals surface area contributed by atoms with Crippen LogP contribution in [0.15, 0.2) is 0 Å². The molecule has 2 rings (SSSR count). The second kappa shape index (κ2) is 4.69. The zero-order chi connectivity index (χ0) is 11.6. The van der Waals surface area contributed by atoms with E-state index < -0.39 is 5.41 Å². The molecule has 4 N–H and O–H groups in total. The van der Waals surface area contributed by atoms with E-state index in [-0.39, 0.29) is 18.1 Å². The molecule has 5 heteroatoms. The van der Waals surface area contributed by atoms with Crippen molar-refractivity contribution >= 4 is 5.91 Å². The van der Waals surface area contributed by atoms with Crippen molar-refractivity contribution in [2.45, 2.75) is 37.8 Å². The van der Waals surface area contributed by atoms with Gasteiger partial charge in [0.1, 0.15) is 0 Å². The van der Waals surface area contributed by atoms with Crippen LogP contribution in [0.3, 0.4) is 0 Å². The summed E-state index contributed by atoms with van der Waals surface area (Å²) in [6, 6.07) is 0.133. The Kier molecular flexibility index (Phi) is 3.47. The predicted octanol–water partition coefficient (Wildman–Crippen LogP) is -0.619. The van der Waals surface area contributed by atoms with E-state index in [1.54, 1.807) is 0 Å². The van der Waals surface area contributed by atoms with Crippen LogP contribution in [0.1, 0.15) is 25.7 Å². The lowest BCUT2D eigenvalue weighted by molar-refractivity contribution is -0.138. The molecule has 16 heavy (non-hydrogen) atoms. The van der Waals surface area contributed by atoms with Crippen molar-refractivity contribution in [2.24, 2.45) is 11.1 Å². The molecule has 0 bridgehead atoms. The number of ether oxygens (including phenoxy) is 1. The maximum Gasteiger partial charge on any atom is 0.227 e. The van der Waals surface area contributed by atoms with E-state index in [1.165, 1.54) is 0 Å². The van der Waals surface area contributed by atoms with Crippen molar-refractivity contribution < 1.29 is 14.6 Å². The molecule has 1 aliphatic heterocycles. The lowest BCUT2D eigenvalue weighted by atomic mass is 9.78. The molecule has 92 valence electrons. The first-order chi connectivity index (χ1) is 7.66. The summed E-state index contributed by atoms with van der Waals surface area (Å²) in [5.41, 5.74) is 5.29. The van der Waals surface area contributed by atoms with Crippen molar-refractivity contribution in [3.05, 3.63) is 0 Å². The first-order valence-corrected chi connectivity index (χ1v) is 5.93. The summed E-state index contributed by atoms with van der Waals surface area (Å²) < 4.78 is 5.26. The van der Waals surface area contributed by atoms with Gasteiger partial charge in [-0.2, -0.15) is 0 Å². The van der Waals surface area contributed by atoms with Gasteiger partial charge in [0.2, 0.25) is 5.91 Å². The van der Waals surface area contributed by atoms with Crippen LogP contribution in [-0.4, -0.2) is 42.9 Å². The van der Waals surface area contributed by atoms with E-state index in [2.05, 4.69) is 5.32 Å². The molecular weight excluding hydrogens is 208 g/mol. The van der Waals surface area contributed by atoms with Crippen LogP contribution in [-0.2, 0) is 9.53 Å². The van der Waals surface area contributed by atoms with Crippen LogP contribution in [0, 0.1) is 5.41 Å². The molecule has 5 nitrogen and oxygen atoms in total. The molecule has 0 unspecified atom stereocenters. The van der Waals surface area contributed by atoms with Gasteiger partial charge in [0, 0.05) is 25.8 Å². The van der Waals surface area contributed by atoms with Crippen LogP contribution in [0.25, 0.3) is 0 Å². The molecule has 0 radical (unpaired) electrons. The number of aliphatic hydroxyl groups excluding tert-OH is 1. The molecule has 0 atom stereocenters. The molecule has 1 amide bonds. The number of carbonyl (C=O) groups is 1. The van der Waals surface area contributed by atoms with Gasteiger partial charge in [-0.05, 0) is 25.7 Å². The largest absolute Gasteiger partial charge is 0.393 e. The highest BCUT2D eigenvalue weighted by Gasteiger charge is 2.41. The minimum Gasteiger partial charge on any atom is -0.393 e. The van der Waals surface area contributed by atoms with E-state index in [4.69, 9.17) is 15.6 Å². The Morgan fingerprint density at radius 1 is 1.44 bits per heavy atom. The molecule has 1 saturated heterocycles.